The molecule has 5 aliphatic rings. The Hall–Kier alpha value is -6.01. The Morgan fingerprint density at radius 1 is 0.855 bits per heavy atom. The van der Waals surface area contributed by atoms with Crippen molar-refractivity contribution >= 4 is 40.9 Å². The fourth-order valence-corrected chi connectivity index (χ4v) is 10.1. The van der Waals surface area contributed by atoms with Crippen LogP contribution in [0.1, 0.15) is 106 Å². The number of amides is 4. The molecule has 4 aliphatic heterocycles. The largest absolute Gasteiger partial charge is 0.371 e. The van der Waals surface area contributed by atoms with E-state index >= 15 is 0 Å². The van der Waals surface area contributed by atoms with Gasteiger partial charge in [0.2, 0.25) is 11.8 Å². The molecule has 0 bridgehead atoms. The van der Waals surface area contributed by atoms with Crippen molar-refractivity contribution in [3.05, 3.63) is 116 Å². The number of nitriles is 1. The quantitative estimate of drug-likeness (QED) is 0.114. The van der Waals surface area contributed by atoms with Crippen LogP contribution in [0.25, 0.3) is 11.3 Å². The molecule has 9 rings (SSSR count). The summed E-state index contributed by atoms with van der Waals surface area (Å²) in [7, 11) is 0. The van der Waals surface area contributed by atoms with E-state index in [-0.39, 0.29) is 18.7 Å². The number of nitrogens with zero attached hydrogens (tertiary/aromatic N) is 6. The third-order valence-corrected chi connectivity index (χ3v) is 14.3. The number of anilines is 1. The van der Waals surface area contributed by atoms with Crippen LogP contribution >= 0.6 is 11.6 Å². The molecule has 3 fully saturated rings. The van der Waals surface area contributed by atoms with Crippen molar-refractivity contribution in [1.29, 1.82) is 5.26 Å². The topological polar surface area (TPSA) is 132 Å². The molecule has 3 aromatic carbocycles. The highest BCUT2D eigenvalue weighted by Gasteiger charge is 2.45. The SMILES string of the molecule is Cc1c(-c2ccc(C#N)c(Cl)c2)nn(Cc2ccc(C#C[C@@H]3CC=C(CN4CCC5(CC4)CCN(c4ccc6c(c4)C(=O)N(C4CCC(=O)NC4=O)C6=O)CC5)CC3)cc2)c1C. The molecule has 2 atom stereocenters. The molecule has 62 heavy (non-hydrogen) atoms. The number of aromatic nitrogens is 2. The highest BCUT2D eigenvalue weighted by atomic mass is 35.5. The molecular formula is C50H50ClN7O4. The van der Waals surface area contributed by atoms with Gasteiger partial charge in [0, 0.05) is 54.5 Å². The van der Waals surface area contributed by atoms with Crippen LogP contribution in [0.3, 0.4) is 0 Å². The third kappa shape index (κ3) is 8.20. The zero-order chi connectivity index (χ0) is 43.1. The molecule has 0 radical (unpaired) electrons. The third-order valence-electron chi connectivity index (χ3n) is 14.0. The second-order valence-corrected chi connectivity index (χ2v) is 18.2. The van der Waals surface area contributed by atoms with E-state index in [1.165, 1.54) is 18.4 Å². The van der Waals surface area contributed by atoms with Crippen LogP contribution in [-0.2, 0) is 16.1 Å². The summed E-state index contributed by atoms with van der Waals surface area (Å²) < 4.78 is 2.02. The van der Waals surface area contributed by atoms with Crippen molar-refractivity contribution in [2.24, 2.45) is 11.3 Å². The highest BCUT2D eigenvalue weighted by molar-refractivity contribution is 6.32. The standard InChI is InChI=1S/C50H50ClN7O4/c1-32-33(2)57(54-46(32)38-13-14-39(29-52)43(51)27-38)31-37-11-7-35(8-12-37)4-3-34-5-9-36(10-6-34)30-55-23-19-50(20-24-55)21-25-56(26-22-50)40-15-16-41-42(28-40)49(62)58(48(41)61)44-17-18-45(59)53-47(44)60/h7-9,11-16,27-28,34,44H,5-6,10,17-26,30-31H2,1-2H3,(H,53,59,60)/t34-,44?/m1/s1. The predicted molar refractivity (Wildman–Crippen MR) is 237 cm³/mol. The van der Waals surface area contributed by atoms with Gasteiger partial charge in [-0.1, -0.05) is 53.3 Å². The molecule has 1 aromatic heterocycles. The first-order valence-corrected chi connectivity index (χ1v) is 22.2. The van der Waals surface area contributed by atoms with E-state index in [1.54, 1.807) is 12.1 Å². The normalized spacial score (nSPS) is 21.3. The number of halogens is 1. The number of allylic oxidation sites excluding steroid dienone is 1. The van der Waals surface area contributed by atoms with E-state index < -0.39 is 23.8 Å². The molecule has 3 saturated heterocycles. The van der Waals surface area contributed by atoms with Gasteiger partial charge in [0.25, 0.3) is 11.8 Å². The number of benzene rings is 3. The van der Waals surface area contributed by atoms with Gasteiger partial charge in [-0.2, -0.15) is 10.4 Å². The number of likely N-dealkylation sites (tertiary alicyclic amines) is 1. The predicted octanol–water partition coefficient (Wildman–Crippen LogP) is 7.60. The van der Waals surface area contributed by atoms with Gasteiger partial charge in [0.15, 0.2) is 0 Å². The Morgan fingerprint density at radius 3 is 2.29 bits per heavy atom. The van der Waals surface area contributed by atoms with Crippen LogP contribution < -0.4 is 10.2 Å². The van der Waals surface area contributed by atoms with E-state index in [1.807, 2.05) is 28.9 Å². The van der Waals surface area contributed by atoms with Gasteiger partial charge in [0.05, 0.1) is 34.0 Å². The molecule has 4 amide bonds. The maximum atomic E-state index is 13.4. The number of carbonyl (C=O) groups excluding carboxylic acids is 4. The van der Waals surface area contributed by atoms with Crippen molar-refractivity contribution in [3.8, 4) is 29.2 Å². The molecule has 1 N–H and O–H groups in total. The van der Waals surface area contributed by atoms with E-state index in [0.717, 1.165) is 109 Å². The number of carbonyl (C=O) groups is 4. The van der Waals surface area contributed by atoms with Gasteiger partial charge >= 0.3 is 0 Å². The number of piperidine rings is 3. The molecule has 11 nitrogen and oxygen atoms in total. The van der Waals surface area contributed by atoms with Crippen molar-refractivity contribution < 1.29 is 19.2 Å². The van der Waals surface area contributed by atoms with Crippen LogP contribution in [0.5, 0.6) is 0 Å². The molecule has 1 aliphatic carbocycles. The molecule has 12 heteroatoms. The van der Waals surface area contributed by atoms with Crippen LogP contribution in [0, 0.1) is 48.4 Å². The first-order chi connectivity index (χ1) is 30.0. The Balaban J connectivity index is 0.727. The fourth-order valence-electron chi connectivity index (χ4n) is 9.90. The van der Waals surface area contributed by atoms with Gasteiger partial charge in [0.1, 0.15) is 12.1 Å². The summed E-state index contributed by atoms with van der Waals surface area (Å²) >= 11 is 6.32. The molecular weight excluding hydrogens is 798 g/mol. The average molecular weight is 848 g/mol. The lowest BCUT2D eigenvalue weighted by Gasteiger charge is -2.47. The summed E-state index contributed by atoms with van der Waals surface area (Å²) in [4.78, 5) is 56.7. The van der Waals surface area contributed by atoms with E-state index in [2.05, 4.69) is 77.2 Å². The lowest BCUT2D eigenvalue weighted by Crippen LogP contribution is -2.54. The van der Waals surface area contributed by atoms with Crippen LogP contribution in [0.15, 0.2) is 72.3 Å². The minimum Gasteiger partial charge on any atom is -0.371 e. The number of nitrogens with one attached hydrogen (secondary N) is 1. The monoisotopic (exact) mass is 847 g/mol. The Bertz CT molecular complexity index is 2610. The summed E-state index contributed by atoms with van der Waals surface area (Å²) in [6.45, 7) is 9.85. The zero-order valence-corrected chi connectivity index (χ0v) is 36.1. The van der Waals surface area contributed by atoms with Crippen molar-refractivity contribution in [2.45, 2.75) is 84.2 Å². The van der Waals surface area contributed by atoms with Gasteiger partial charge in [-0.3, -0.25) is 39.0 Å². The Labute approximate surface area is 367 Å². The summed E-state index contributed by atoms with van der Waals surface area (Å²) in [5, 5.41) is 16.8. The van der Waals surface area contributed by atoms with Crippen LogP contribution in [0.4, 0.5) is 5.69 Å². The van der Waals surface area contributed by atoms with Crippen molar-refractivity contribution in [1.82, 2.24) is 24.9 Å². The van der Waals surface area contributed by atoms with Gasteiger partial charge < -0.3 is 4.90 Å². The number of hydrogen-bond donors (Lipinski definition) is 1. The lowest BCUT2D eigenvalue weighted by atomic mass is 9.71. The summed E-state index contributed by atoms with van der Waals surface area (Å²) in [6, 6.07) is 20.5. The van der Waals surface area contributed by atoms with Crippen molar-refractivity contribution in [3.63, 3.8) is 0 Å². The first-order valence-electron chi connectivity index (χ1n) is 21.8. The number of imide groups is 2. The molecule has 1 spiro atoms. The smallest absolute Gasteiger partial charge is 0.262 e. The zero-order valence-electron chi connectivity index (χ0n) is 35.3. The van der Waals surface area contributed by atoms with E-state index in [0.29, 0.717) is 39.6 Å². The Morgan fingerprint density at radius 2 is 1.60 bits per heavy atom. The molecule has 316 valence electrons. The second-order valence-electron chi connectivity index (χ2n) is 17.8. The van der Waals surface area contributed by atoms with Crippen molar-refractivity contribution in [2.75, 3.05) is 37.6 Å². The highest BCUT2D eigenvalue weighted by Crippen LogP contribution is 2.43. The lowest BCUT2D eigenvalue weighted by molar-refractivity contribution is -0.136. The minimum absolute atomic E-state index is 0.105. The minimum atomic E-state index is -0.957. The van der Waals surface area contributed by atoms with Gasteiger partial charge in [-0.15, -0.1) is 0 Å². The maximum absolute atomic E-state index is 13.4. The molecule has 0 saturated carbocycles. The fraction of sp³-hybridized carbons (Fsp3) is 0.400. The van der Waals surface area contributed by atoms with Gasteiger partial charge in [-0.05, 0) is 137 Å². The second kappa shape index (κ2) is 17.0. The molecule has 4 aromatic rings. The summed E-state index contributed by atoms with van der Waals surface area (Å²) in [5.74, 6) is 5.46. The first kappa shape index (κ1) is 41.3. The molecule has 5 heterocycles. The number of hydrogen-bond acceptors (Lipinski definition) is 8. The van der Waals surface area contributed by atoms with E-state index in [4.69, 9.17) is 16.7 Å². The van der Waals surface area contributed by atoms with Gasteiger partial charge in [-0.25, -0.2) is 0 Å². The maximum Gasteiger partial charge on any atom is 0.262 e. The number of fused-ring (bicyclic) bond motifs is 1. The number of rotatable bonds is 7. The Kier molecular flexibility index (Phi) is 11.4. The van der Waals surface area contributed by atoms with Crippen LogP contribution in [-0.4, -0.2) is 82.0 Å². The van der Waals surface area contributed by atoms with E-state index in [9.17, 15) is 24.4 Å². The summed E-state index contributed by atoms with van der Waals surface area (Å²) in [5.41, 5.74) is 10.1. The molecule has 1 unspecified atom stereocenters. The average Bonchev–Trinajstić information content (AvgIpc) is 3.70. The van der Waals surface area contributed by atoms with Crippen LogP contribution in [0.2, 0.25) is 5.02 Å². The summed E-state index contributed by atoms with van der Waals surface area (Å²) in [6.07, 6.45) is 10.4.